The molecule has 0 aliphatic rings. The van der Waals surface area contributed by atoms with Gasteiger partial charge in [0.25, 0.3) is 5.91 Å². The molecule has 1 amide bonds. The van der Waals surface area contributed by atoms with Crippen molar-refractivity contribution in [2.45, 2.75) is 0 Å². The molecule has 2 aromatic rings. The third kappa shape index (κ3) is 3.39. The van der Waals surface area contributed by atoms with E-state index in [9.17, 15) is 4.79 Å². The van der Waals surface area contributed by atoms with Crippen molar-refractivity contribution < 1.29 is 14.3 Å². The van der Waals surface area contributed by atoms with Crippen molar-refractivity contribution in [3.8, 4) is 11.5 Å². The molecule has 20 heavy (non-hydrogen) atoms. The average Bonchev–Trinajstić information content (AvgIpc) is 2.48. The number of carbonyl (C=O) groups is 1. The summed E-state index contributed by atoms with van der Waals surface area (Å²) in [6.45, 7) is 0. The summed E-state index contributed by atoms with van der Waals surface area (Å²) in [7, 11) is 3.05. The number of carbonyl (C=O) groups excluding carboxylic acids is 1. The topological polar surface area (TPSA) is 60.5 Å². The fraction of sp³-hybridized carbons (Fsp3) is 0.143. The van der Waals surface area contributed by atoms with Gasteiger partial charge in [0.2, 0.25) is 0 Å². The van der Waals surface area contributed by atoms with Crippen LogP contribution in [-0.4, -0.2) is 25.1 Å². The number of methoxy groups -OCH3 is 2. The van der Waals surface area contributed by atoms with Crippen molar-refractivity contribution in [2.24, 2.45) is 0 Å². The summed E-state index contributed by atoms with van der Waals surface area (Å²) in [5, 5.41) is 3.17. The lowest BCUT2D eigenvalue weighted by molar-refractivity contribution is 0.102. The fourth-order valence-corrected chi connectivity index (χ4v) is 1.69. The summed E-state index contributed by atoms with van der Waals surface area (Å²) in [5.41, 5.74) is 0.415. The van der Waals surface area contributed by atoms with Gasteiger partial charge in [-0.15, -0.1) is 0 Å². The highest BCUT2D eigenvalue weighted by atomic mass is 35.5. The number of aromatic nitrogens is 1. The van der Waals surface area contributed by atoms with Crippen LogP contribution in [0.25, 0.3) is 0 Å². The molecule has 1 aromatic heterocycles. The standard InChI is InChI=1S/C14H13ClN2O3/c1-19-11-5-9(6-12(7-11)20-2)14(18)17-13-4-3-10(15)8-16-13/h3-8H,1-2H3,(H,16,17,18). The number of pyridine rings is 1. The first-order valence-electron chi connectivity index (χ1n) is 5.78. The molecule has 0 aliphatic heterocycles. The number of nitrogens with zero attached hydrogens (tertiary/aromatic N) is 1. The molecule has 104 valence electrons. The van der Waals surface area contributed by atoms with E-state index in [-0.39, 0.29) is 5.91 Å². The molecule has 0 fully saturated rings. The van der Waals surface area contributed by atoms with Gasteiger partial charge in [-0.2, -0.15) is 0 Å². The van der Waals surface area contributed by atoms with E-state index in [4.69, 9.17) is 21.1 Å². The van der Waals surface area contributed by atoms with E-state index in [0.29, 0.717) is 27.9 Å². The van der Waals surface area contributed by atoms with E-state index >= 15 is 0 Å². The first-order chi connectivity index (χ1) is 9.62. The number of halogens is 1. The lowest BCUT2D eigenvalue weighted by Crippen LogP contribution is -2.13. The number of benzene rings is 1. The minimum atomic E-state index is -0.308. The molecular formula is C14H13ClN2O3. The van der Waals surface area contributed by atoms with Crippen LogP contribution in [0.3, 0.4) is 0 Å². The Morgan fingerprint density at radius 1 is 1.15 bits per heavy atom. The number of ether oxygens (including phenoxy) is 2. The fourth-order valence-electron chi connectivity index (χ4n) is 1.58. The molecule has 0 radical (unpaired) electrons. The van der Waals surface area contributed by atoms with Crippen LogP contribution in [0, 0.1) is 0 Å². The molecule has 0 saturated carbocycles. The van der Waals surface area contributed by atoms with Crippen LogP contribution >= 0.6 is 11.6 Å². The highest BCUT2D eigenvalue weighted by molar-refractivity contribution is 6.30. The normalized spacial score (nSPS) is 9.95. The predicted molar refractivity (Wildman–Crippen MR) is 76.7 cm³/mol. The van der Waals surface area contributed by atoms with Crippen LogP contribution in [0.2, 0.25) is 5.02 Å². The minimum Gasteiger partial charge on any atom is -0.497 e. The van der Waals surface area contributed by atoms with E-state index in [1.54, 1.807) is 30.3 Å². The molecule has 1 aromatic carbocycles. The first kappa shape index (κ1) is 14.1. The van der Waals surface area contributed by atoms with E-state index < -0.39 is 0 Å². The molecule has 1 heterocycles. The summed E-state index contributed by atoms with van der Waals surface area (Å²) < 4.78 is 10.2. The molecule has 0 spiro atoms. The van der Waals surface area contributed by atoms with Crippen molar-refractivity contribution in [1.29, 1.82) is 0 Å². The van der Waals surface area contributed by atoms with Crippen molar-refractivity contribution in [3.63, 3.8) is 0 Å². The van der Waals surface area contributed by atoms with E-state index in [1.807, 2.05) is 0 Å². The molecule has 1 N–H and O–H groups in total. The zero-order valence-electron chi connectivity index (χ0n) is 11.0. The van der Waals surface area contributed by atoms with Gasteiger partial charge in [-0.3, -0.25) is 4.79 Å². The summed E-state index contributed by atoms with van der Waals surface area (Å²) in [6, 6.07) is 8.20. The lowest BCUT2D eigenvalue weighted by atomic mass is 10.2. The van der Waals surface area contributed by atoms with E-state index in [1.165, 1.54) is 20.4 Å². The maximum Gasteiger partial charge on any atom is 0.257 e. The van der Waals surface area contributed by atoms with Crippen LogP contribution in [-0.2, 0) is 0 Å². The van der Waals surface area contributed by atoms with Crippen LogP contribution in [0.4, 0.5) is 5.82 Å². The number of nitrogens with one attached hydrogen (secondary N) is 1. The van der Waals surface area contributed by atoms with E-state index in [2.05, 4.69) is 10.3 Å². The number of anilines is 1. The summed E-state index contributed by atoms with van der Waals surface area (Å²) in [4.78, 5) is 16.1. The monoisotopic (exact) mass is 292 g/mol. The molecule has 6 heteroatoms. The van der Waals surface area contributed by atoms with Gasteiger partial charge in [0.05, 0.1) is 19.2 Å². The van der Waals surface area contributed by atoms with Gasteiger partial charge in [0.1, 0.15) is 17.3 Å². The predicted octanol–water partition coefficient (Wildman–Crippen LogP) is 3.00. The van der Waals surface area contributed by atoms with Crippen LogP contribution in [0.1, 0.15) is 10.4 Å². The molecular weight excluding hydrogens is 280 g/mol. The Balaban J connectivity index is 2.22. The zero-order valence-corrected chi connectivity index (χ0v) is 11.8. The van der Waals surface area contributed by atoms with Crippen LogP contribution < -0.4 is 14.8 Å². The first-order valence-corrected chi connectivity index (χ1v) is 6.16. The molecule has 0 atom stereocenters. The third-order valence-electron chi connectivity index (χ3n) is 2.58. The van der Waals surface area contributed by atoms with Gasteiger partial charge in [-0.25, -0.2) is 4.98 Å². The second-order valence-electron chi connectivity index (χ2n) is 3.92. The molecule has 0 aliphatic carbocycles. The second-order valence-corrected chi connectivity index (χ2v) is 4.35. The van der Waals surface area contributed by atoms with Crippen molar-refractivity contribution >= 4 is 23.3 Å². The Morgan fingerprint density at radius 3 is 2.30 bits per heavy atom. The highest BCUT2D eigenvalue weighted by Crippen LogP contribution is 2.23. The van der Waals surface area contributed by atoms with Gasteiger partial charge < -0.3 is 14.8 Å². The van der Waals surface area contributed by atoms with Gasteiger partial charge in [0.15, 0.2) is 0 Å². The van der Waals surface area contributed by atoms with Gasteiger partial charge >= 0.3 is 0 Å². The Labute approximate surface area is 121 Å². The van der Waals surface area contributed by atoms with Crippen molar-refractivity contribution in [1.82, 2.24) is 4.98 Å². The largest absolute Gasteiger partial charge is 0.497 e. The van der Waals surface area contributed by atoms with Gasteiger partial charge in [-0.1, -0.05) is 11.6 Å². The lowest BCUT2D eigenvalue weighted by Gasteiger charge is -2.08. The smallest absolute Gasteiger partial charge is 0.257 e. The number of amides is 1. The molecule has 5 nitrogen and oxygen atoms in total. The van der Waals surface area contributed by atoms with Crippen LogP contribution in [0.5, 0.6) is 11.5 Å². The van der Waals surface area contributed by atoms with Gasteiger partial charge in [-0.05, 0) is 24.3 Å². The Bertz CT molecular complexity index is 592. The molecule has 0 unspecified atom stereocenters. The summed E-state index contributed by atoms with van der Waals surface area (Å²) in [5.74, 6) is 1.19. The maximum absolute atomic E-state index is 12.1. The number of hydrogen-bond acceptors (Lipinski definition) is 4. The number of hydrogen-bond donors (Lipinski definition) is 1. The molecule has 0 saturated heterocycles. The van der Waals surface area contributed by atoms with Gasteiger partial charge in [0, 0.05) is 17.8 Å². The average molecular weight is 293 g/mol. The maximum atomic E-state index is 12.1. The summed E-state index contributed by atoms with van der Waals surface area (Å²) >= 11 is 5.74. The van der Waals surface area contributed by atoms with Crippen molar-refractivity contribution in [2.75, 3.05) is 19.5 Å². The Kier molecular flexibility index (Phi) is 4.42. The zero-order chi connectivity index (χ0) is 14.5. The third-order valence-corrected chi connectivity index (χ3v) is 2.81. The van der Waals surface area contributed by atoms with E-state index in [0.717, 1.165) is 0 Å². The van der Waals surface area contributed by atoms with Crippen LogP contribution in [0.15, 0.2) is 36.5 Å². The quantitative estimate of drug-likeness (QED) is 0.941. The molecule has 2 rings (SSSR count). The highest BCUT2D eigenvalue weighted by Gasteiger charge is 2.10. The SMILES string of the molecule is COc1cc(OC)cc(C(=O)Nc2ccc(Cl)cn2)c1. The Morgan fingerprint density at radius 2 is 1.80 bits per heavy atom. The number of rotatable bonds is 4. The Hall–Kier alpha value is -2.27. The minimum absolute atomic E-state index is 0.308. The second kappa shape index (κ2) is 6.25. The van der Waals surface area contributed by atoms with Crippen molar-refractivity contribution in [3.05, 3.63) is 47.1 Å². The molecule has 0 bridgehead atoms. The summed E-state index contributed by atoms with van der Waals surface area (Å²) in [6.07, 6.45) is 1.46.